The lowest BCUT2D eigenvalue weighted by atomic mass is 10.1. The predicted molar refractivity (Wildman–Crippen MR) is 67.0 cm³/mol. The van der Waals surface area contributed by atoms with Crippen LogP contribution in [0.15, 0.2) is 22.0 Å². The molecule has 1 aliphatic heterocycles. The van der Waals surface area contributed by atoms with Crippen molar-refractivity contribution in [1.82, 2.24) is 0 Å². The van der Waals surface area contributed by atoms with E-state index in [0.29, 0.717) is 11.3 Å². The molecule has 0 radical (unpaired) electrons. The molecule has 2 rings (SSSR count). The van der Waals surface area contributed by atoms with Crippen LogP contribution in [0.3, 0.4) is 0 Å². The highest BCUT2D eigenvalue weighted by molar-refractivity contribution is 7.92. The number of carbonyl (C=O) groups is 1. The van der Waals surface area contributed by atoms with Crippen LogP contribution in [0.1, 0.15) is 15.9 Å². The second-order valence-corrected chi connectivity index (χ2v) is 5.90. The summed E-state index contributed by atoms with van der Waals surface area (Å²) in [4.78, 5) is 15.2. The number of rotatable bonds is 1. The summed E-state index contributed by atoms with van der Waals surface area (Å²) in [5.41, 5.74) is 11.5. The van der Waals surface area contributed by atoms with Crippen LogP contribution >= 0.6 is 0 Å². The monoisotopic (exact) mass is 268 g/mol. The lowest BCUT2D eigenvalue weighted by Crippen LogP contribution is -2.24. The topological polar surface area (TPSA) is 128 Å². The molecule has 8 heteroatoms. The molecule has 0 spiro atoms. The van der Waals surface area contributed by atoms with Crippen molar-refractivity contribution in [2.24, 2.45) is 16.5 Å². The van der Waals surface area contributed by atoms with Crippen molar-refractivity contribution in [3.05, 3.63) is 23.3 Å². The van der Waals surface area contributed by atoms with Crippen molar-refractivity contribution in [3.63, 3.8) is 0 Å². The summed E-state index contributed by atoms with van der Waals surface area (Å²) in [6, 6.07) is 2.89. The molecular weight excluding hydrogens is 256 g/mol. The first-order chi connectivity index (χ1) is 8.31. The Bertz CT molecular complexity index is 660. The van der Waals surface area contributed by atoms with E-state index in [2.05, 4.69) is 10.3 Å². The summed E-state index contributed by atoms with van der Waals surface area (Å²) in [6.45, 7) is 1.68. The Kier molecular flexibility index (Phi) is 2.74. The third-order valence-corrected chi connectivity index (χ3v) is 4.11. The molecule has 1 heterocycles. The number of nitrogens with one attached hydrogen (secondary N) is 1. The molecular formula is C10H12N4O3S. The van der Waals surface area contributed by atoms with Gasteiger partial charge < -0.3 is 16.8 Å². The molecule has 0 fully saturated rings. The number of hydrogen-bond donors (Lipinski definition) is 3. The summed E-state index contributed by atoms with van der Waals surface area (Å²) in [7, 11) is -3.38. The first-order valence-corrected chi connectivity index (χ1v) is 6.72. The summed E-state index contributed by atoms with van der Waals surface area (Å²) >= 11 is 0. The molecule has 0 bridgehead atoms. The zero-order valence-corrected chi connectivity index (χ0v) is 10.4. The quantitative estimate of drug-likeness (QED) is 0.468. The Labute approximate surface area is 104 Å². The van der Waals surface area contributed by atoms with Gasteiger partial charge in [-0.15, -0.1) is 0 Å². The van der Waals surface area contributed by atoms with Crippen molar-refractivity contribution in [2.45, 2.75) is 11.8 Å². The van der Waals surface area contributed by atoms with E-state index in [1.807, 2.05) is 0 Å². The highest BCUT2D eigenvalue weighted by atomic mass is 32.2. The van der Waals surface area contributed by atoms with Crippen LogP contribution in [0.2, 0.25) is 0 Å². The summed E-state index contributed by atoms with van der Waals surface area (Å²) in [5, 5.41) is 2.75. The van der Waals surface area contributed by atoms with E-state index in [-0.39, 0.29) is 22.3 Å². The maximum atomic E-state index is 11.7. The molecule has 7 nitrogen and oxygen atoms in total. The number of anilines is 1. The largest absolute Gasteiger partial charge is 0.370 e. The molecule has 0 aliphatic carbocycles. The molecule has 0 atom stereocenters. The number of hydrogen-bond acceptors (Lipinski definition) is 4. The molecule has 1 aromatic rings. The standard InChI is InChI=1S/C10H12N4O3S/c1-5-2-7-8(18(16,17)4-13-7)3-6(5)9(15)14-10(11)12/h2-3,13H,4H2,1H3,(H4,11,12,14,15). The fourth-order valence-electron chi connectivity index (χ4n) is 1.74. The predicted octanol–water partition coefficient (Wildman–Crippen LogP) is -0.435. The highest BCUT2D eigenvalue weighted by Crippen LogP contribution is 2.31. The molecule has 0 aromatic heterocycles. The van der Waals surface area contributed by atoms with E-state index >= 15 is 0 Å². The number of nitrogens with zero attached hydrogens (tertiary/aromatic N) is 1. The molecule has 1 amide bonds. The minimum Gasteiger partial charge on any atom is -0.370 e. The van der Waals surface area contributed by atoms with Crippen LogP contribution in [-0.2, 0) is 9.84 Å². The Balaban J connectivity index is 2.59. The van der Waals surface area contributed by atoms with Gasteiger partial charge in [0.1, 0.15) is 5.88 Å². The molecule has 18 heavy (non-hydrogen) atoms. The SMILES string of the molecule is Cc1cc2c(cc1C(=O)N=C(N)N)S(=O)(=O)CN2. The number of aliphatic imine (C=N–C) groups is 1. The number of amides is 1. The number of benzene rings is 1. The van der Waals surface area contributed by atoms with E-state index in [0.717, 1.165) is 0 Å². The van der Waals surface area contributed by atoms with Gasteiger partial charge in [-0.3, -0.25) is 4.79 Å². The van der Waals surface area contributed by atoms with E-state index < -0.39 is 15.7 Å². The fourth-order valence-corrected chi connectivity index (χ4v) is 3.01. The van der Waals surface area contributed by atoms with Gasteiger partial charge in [0.25, 0.3) is 5.91 Å². The minimum absolute atomic E-state index is 0.0993. The van der Waals surface area contributed by atoms with Crippen LogP contribution in [0.25, 0.3) is 0 Å². The van der Waals surface area contributed by atoms with Gasteiger partial charge in [-0.2, -0.15) is 4.99 Å². The molecule has 5 N–H and O–H groups in total. The summed E-state index contributed by atoms with van der Waals surface area (Å²) in [5.74, 6) is -1.18. The normalized spacial score (nSPS) is 15.6. The van der Waals surface area contributed by atoms with Gasteiger partial charge in [-0.05, 0) is 24.6 Å². The minimum atomic E-state index is -3.38. The Morgan fingerprint density at radius 3 is 2.67 bits per heavy atom. The van der Waals surface area contributed by atoms with E-state index in [4.69, 9.17) is 11.5 Å². The number of nitrogens with two attached hydrogens (primary N) is 2. The van der Waals surface area contributed by atoms with E-state index in [1.54, 1.807) is 13.0 Å². The molecule has 1 aromatic carbocycles. The van der Waals surface area contributed by atoms with Gasteiger partial charge in [-0.25, -0.2) is 8.42 Å². The molecule has 96 valence electrons. The lowest BCUT2D eigenvalue weighted by molar-refractivity contribution is 0.100. The zero-order valence-electron chi connectivity index (χ0n) is 9.60. The van der Waals surface area contributed by atoms with Crippen LogP contribution in [-0.4, -0.2) is 26.2 Å². The summed E-state index contributed by atoms with van der Waals surface area (Å²) < 4.78 is 23.4. The van der Waals surface area contributed by atoms with Crippen molar-refractivity contribution < 1.29 is 13.2 Å². The Hall–Kier alpha value is -2.09. The Morgan fingerprint density at radius 2 is 2.06 bits per heavy atom. The first-order valence-electron chi connectivity index (χ1n) is 5.06. The van der Waals surface area contributed by atoms with E-state index in [1.165, 1.54) is 6.07 Å². The van der Waals surface area contributed by atoms with Crippen molar-refractivity contribution in [2.75, 3.05) is 11.2 Å². The van der Waals surface area contributed by atoms with Crippen molar-refractivity contribution >= 4 is 27.4 Å². The van der Waals surface area contributed by atoms with Gasteiger partial charge in [0.15, 0.2) is 15.8 Å². The van der Waals surface area contributed by atoms with Gasteiger partial charge in [0.2, 0.25) is 0 Å². The van der Waals surface area contributed by atoms with Crippen LogP contribution in [0.5, 0.6) is 0 Å². The fraction of sp³-hybridized carbons (Fsp3) is 0.200. The average molecular weight is 268 g/mol. The summed E-state index contributed by atoms with van der Waals surface area (Å²) in [6.07, 6.45) is 0. The Morgan fingerprint density at radius 1 is 1.39 bits per heavy atom. The van der Waals surface area contributed by atoms with E-state index in [9.17, 15) is 13.2 Å². The second-order valence-electron chi connectivity index (χ2n) is 3.94. The third kappa shape index (κ3) is 2.02. The second kappa shape index (κ2) is 3.98. The third-order valence-electron chi connectivity index (χ3n) is 2.58. The average Bonchev–Trinajstić information content (AvgIpc) is 2.52. The number of guanidine groups is 1. The van der Waals surface area contributed by atoms with Gasteiger partial charge in [-0.1, -0.05) is 0 Å². The van der Waals surface area contributed by atoms with Crippen LogP contribution in [0.4, 0.5) is 5.69 Å². The van der Waals surface area contributed by atoms with Crippen molar-refractivity contribution in [3.8, 4) is 0 Å². The van der Waals surface area contributed by atoms with Crippen LogP contribution in [0, 0.1) is 6.92 Å². The molecule has 0 saturated heterocycles. The van der Waals surface area contributed by atoms with Gasteiger partial charge in [0.05, 0.1) is 10.6 Å². The lowest BCUT2D eigenvalue weighted by Gasteiger charge is -2.05. The smallest absolute Gasteiger partial charge is 0.280 e. The molecule has 0 unspecified atom stereocenters. The van der Waals surface area contributed by atoms with Crippen molar-refractivity contribution in [1.29, 1.82) is 0 Å². The molecule has 0 saturated carbocycles. The number of carbonyl (C=O) groups excluding carboxylic acids is 1. The maximum Gasteiger partial charge on any atom is 0.280 e. The zero-order chi connectivity index (χ0) is 13.5. The van der Waals surface area contributed by atoms with Crippen LogP contribution < -0.4 is 16.8 Å². The first kappa shape index (κ1) is 12.4. The molecule has 1 aliphatic rings. The number of fused-ring (bicyclic) bond motifs is 1. The number of aryl methyl sites for hydroxylation is 1. The van der Waals surface area contributed by atoms with Gasteiger partial charge in [0, 0.05) is 5.56 Å². The number of sulfone groups is 1. The highest BCUT2D eigenvalue weighted by Gasteiger charge is 2.27. The maximum absolute atomic E-state index is 11.7. The van der Waals surface area contributed by atoms with Gasteiger partial charge >= 0.3 is 0 Å².